The predicted molar refractivity (Wildman–Crippen MR) is 154 cm³/mol. The molecule has 3 aliphatic rings. The summed E-state index contributed by atoms with van der Waals surface area (Å²) < 4.78 is 2.43. The fraction of sp³-hybridized carbons (Fsp3) is 0.0645. The summed E-state index contributed by atoms with van der Waals surface area (Å²) in [6.07, 6.45) is 13.6. The number of thiophene rings is 1. The van der Waals surface area contributed by atoms with Crippen molar-refractivity contribution in [3.8, 4) is 16.3 Å². The lowest BCUT2D eigenvalue weighted by atomic mass is 9.84. The molecule has 2 aliphatic carbocycles. The van der Waals surface area contributed by atoms with E-state index in [1.165, 1.54) is 59.4 Å². The van der Waals surface area contributed by atoms with Crippen LogP contribution in [0.25, 0.3) is 71.9 Å². The van der Waals surface area contributed by atoms with Crippen LogP contribution in [0.15, 0.2) is 71.3 Å². The number of thioether (sulfide) groups is 1. The third-order valence-electron chi connectivity index (χ3n) is 8.22. The van der Waals surface area contributed by atoms with Gasteiger partial charge >= 0.3 is 0 Å². The second kappa shape index (κ2) is 6.46. The van der Waals surface area contributed by atoms with Crippen LogP contribution in [-0.4, -0.2) is 19.5 Å². The summed E-state index contributed by atoms with van der Waals surface area (Å²) in [7, 11) is 0. The van der Waals surface area contributed by atoms with Crippen molar-refractivity contribution in [1.29, 1.82) is 0 Å². The molecular formula is C31H16N4S2. The molecule has 4 aromatic heterocycles. The summed E-state index contributed by atoms with van der Waals surface area (Å²) in [5.41, 5.74) is 9.45. The number of hydrogen-bond donors (Lipinski definition) is 0. The SMILES string of the molecule is C1=CC2Sc3ccc4c5c3c2c2c1ccc1c2c5c(n1-c1ccc(-c2scc3nccnc23)nc1)=CC4. The molecule has 172 valence electrons. The van der Waals surface area contributed by atoms with Gasteiger partial charge in [0, 0.05) is 38.8 Å². The van der Waals surface area contributed by atoms with E-state index in [1.54, 1.807) is 23.7 Å². The van der Waals surface area contributed by atoms with Crippen LogP contribution in [0.4, 0.5) is 0 Å². The van der Waals surface area contributed by atoms with Crippen LogP contribution in [-0.2, 0) is 6.42 Å². The van der Waals surface area contributed by atoms with E-state index in [1.807, 2.05) is 18.0 Å². The largest absolute Gasteiger partial charge is 0.308 e. The maximum absolute atomic E-state index is 4.93. The predicted octanol–water partition coefficient (Wildman–Crippen LogP) is 7.23. The van der Waals surface area contributed by atoms with Crippen LogP contribution in [0.3, 0.4) is 0 Å². The Balaban J connectivity index is 1.30. The van der Waals surface area contributed by atoms with Gasteiger partial charge in [0.05, 0.1) is 38.6 Å². The molecule has 3 aromatic carbocycles. The van der Waals surface area contributed by atoms with Crippen LogP contribution in [0.1, 0.15) is 21.9 Å². The smallest absolute Gasteiger partial charge is 0.109 e. The van der Waals surface area contributed by atoms with E-state index < -0.39 is 0 Å². The zero-order valence-electron chi connectivity index (χ0n) is 19.4. The quantitative estimate of drug-likeness (QED) is 0.231. The molecule has 37 heavy (non-hydrogen) atoms. The fourth-order valence-electron chi connectivity index (χ4n) is 6.77. The third kappa shape index (κ3) is 2.22. The van der Waals surface area contributed by atoms with Gasteiger partial charge in [0.2, 0.25) is 0 Å². The lowest BCUT2D eigenvalue weighted by Crippen LogP contribution is -2.17. The van der Waals surface area contributed by atoms with Crippen molar-refractivity contribution >= 4 is 78.7 Å². The van der Waals surface area contributed by atoms with Gasteiger partial charge in [0.1, 0.15) is 11.0 Å². The summed E-state index contributed by atoms with van der Waals surface area (Å²) in [4.78, 5) is 16.4. The van der Waals surface area contributed by atoms with Crippen LogP contribution in [0.2, 0.25) is 0 Å². The minimum absolute atomic E-state index is 0.412. The second-order valence-electron chi connectivity index (χ2n) is 9.97. The molecule has 0 bridgehead atoms. The van der Waals surface area contributed by atoms with Gasteiger partial charge in [-0.25, -0.2) is 0 Å². The van der Waals surface area contributed by atoms with E-state index in [9.17, 15) is 0 Å². The van der Waals surface area contributed by atoms with Gasteiger partial charge < -0.3 is 4.57 Å². The van der Waals surface area contributed by atoms with E-state index in [0.29, 0.717) is 5.25 Å². The Hall–Kier alpha value is -4.00. The molecule has 10 rings (SSSR count). The highest BCUT2D eigenvalue weighted by atomic mass is 32.2. The Morgan fingerprint density at radius 1 is 0.865 bits per heavy atom. The van der Waals surface area contributed by atoms with Crippen molar-refractivity contribution in [2.75, 3.05) is 0 Å². The van der Waals surface area contributed by atoms with Crippen molar-refractivity contribution in [3.05, 3.63) is 88.5 Å². The molecule has 5 heterocycles. The van der Waals surface area contributed by atoms with Gasteiger partial charge in [-0.05, 0) is 58.1 Å². The number of fused-ring (bicyclic) bond motifs is 1. The minimum Gasteiger partial charge on any atom is -0.308 e. The Morgan fingerprint density at radius 3 is 2.78 bits per heavy atom. The molecule has 1 unspecified atom stereocenters. The van der Waals surface area contributed by atoms with Crippen LogP contribution < -0.4 is 5.35 Å². The molecule has 0 radical (unpaired) electrons. The molecule has 0 saturated carbocycles. The molecule has 7 aromatic rings. The van der Waals surface area contributed by atoms with E-state index in [2.05, 4.69) is 74.5 Å². The van der Waals surface area contributed by atoms with Crippen LogP contribution in [0.5, 0.6) is 0 Å². The maximum atomic E-state index is 4.93. The average Bonchev–Trinajstić information content (AvgIpc) is 3.64. The molecule has 1 atom stereocenters. The summed E-state index contributed by atoms with van der Waals surface area (Å²) in [5.74, 6) is 0. The molecule has 0 N–H and O–H groups in total. The Kier molecular flexibility index (Phi) is 3.34. The van der Waals surface area contributed by atoms with E-state index in [0.717, 1.165) is 33.7 Å². The minimum atomic E-state index is 0.412. The molecule has 4 nitrogen and oxygen atoms in total. The van der Waals surface area contributed by atoms with E-state index in [-0.39, 0.29) is 0 Å². The number of hydrogen-bond acceptors (Lipinski definition) is 5. The number of aromatic nitrogens is 4. The molecular weight excluding hydrogens is 493 g/mol. The number of pyridine rings is 1. The fourth-order valence-corrected chi connectivity index (χ4v) is 8.94. The van der Waals surface area contributed by atoms with Crippen LogP contribution in [0, 0.1) is 0 Å². The standard InChI is InChI=1S/C31H16N4S2/c1-7-20-26-24-15(1)3-9-22-28(24)29-23(37-22)10-4-16-2-8-21(27(26)25(16)29)35(20)17-5-6-18(34-13-17)31-30-19(14-36-31)32-11-12-33-30/h1,3-14,22H,2H2. The van der Waals surface area contributed by atoms with Gasteiger partial charge in [-0.2, -0.15) is 0 Å². The van der Waals surface area contributed by atoms with Crippen molar-refractivity contribution < 1.29 is 0 Å². The van der Waals surface area contributed by atoms with Gasteiger partial charge in [0.25, 0.3) is 0 Å². The van der Waals surface area contributed by atoms with Crippen molar-refractivity contribution in [2.24, 2.45) is 0 Å². The number of rotatable bonds is 2. The zero-order chi connectivity index (χ0) is 23.8. The average molecular weight is 509 g/mol. The van der Waals surface area contributed by atoms with Gasteiger partial charge in [-0.15, -0.1) is 23.1 Å². The highest BCUT2D eigenvalue weighted by Crippen LogP contribution is 2.57. The lowest BCUT2D eigenvalue weighted by molar-refractivity contribution is 1.06. The third-order valence-corrected chi connectivity index (χ3v) is 10.4. The molecule has 0 amide bonds. The van der Waals surface area contributed by atoms with Gasteiger partial charge in [0.15, 0.2) is 0 Å². The van der Waals surface area contributed by atoms with E-state index in [4.69, 9.17) is 4.98 Å². The maximum Gasteiger partial charge on any atom is 0.109 e. The summed E-state index contributed by atoms with van der Waals surface area (Å²) in [5, 5.41) is 11.0. The van der Waals surface area contributed by atoms with Crippen LogP contribution >= 0.6 is 23.1 Å². The molecule has 0 spiro atoms. The van der Waals surface area contributed by atoms with Crippen molar-refractivity contribution in [3.63, 3.8) is 0 Å². The molecule has 6 heteroatoms. The first-order valence-corrected chi connectivity index (χ1v) is 14.2. The highest BCUT2D eigenvalue weighted by molar-refractivity contribution is 8.00. The Labute approximate surface area is 219 Å². The first kappa shape index (κ1) is 19.2. The first-order chi connectivity index (χ1) is 18.3. The molecule has 0 fully saturated rings. The Bertz CT molecular complexity index is 2250. The summed E-state index contributed by atoms with van der Waals surface area (Å²) in [6.45, 7) is 0. The summed E-state index contributed by atoms with van der Waals surface area (Å²) in [6, 6.07) is 13.6. The number of nitrogens with zero attached hydrogens (tertiary/aromatic N) is 4. The Morgan fingerprint density at radius 2 is 1.84 bits per heavy atom. The first-order valence-electron chi connectivity index (χ1n) is 12.4. The van der Waals surface area contributed by atoms with E-state index >= 15 is 0 Å². The highest BCUT2D eigenvalue weighted by Gasteiger charge is 2.34. The van der Waals surface area contributed by atoms with Crippen molar-refractivity contribution in [2.45, 2.75) is 16.6 Å². The molecule has 1 aliphatic heterocycles. The molecule has 0 saturated heterocycles. The van der Waals surface area contributed by atoms with Crippen molar-refractivity contribution in [1.82, 2.24) is 19.5 Å². The summed E-state index contributed by atoms with van der Waals surface area (Å²) >= 11 is 3.66. The topological polar surface area (TPSA) is 43.6 Å². The monoisotopic (exact) mass is 508 g/mol. The van der Waals surface area contributed by atoms with Gasteiger partial charge in [-0.1, -0.05) is 30.4 Å². The van der Waals surface area contributed by atoms with Gasteiger partial charge in [-0.3, -0.25) is 15.0 Å². The zero-order valence-corrected chi connectivity index (χ0v) is 21.0. The lowest BCUT2D eigenvalue weighted by Gasteiger charge is -2.19. The second-order valence-corrected chi connectivity index (χ2v) is 12.0. The number of benzene rings is 3. The normalized spacial score (nSPS) is 16.8.